The van der Waals surface area contributed by atoms with Crippen molar-refractivity contribution in [3.05, 3.63) is 89.1 Å². The molecule has 0 saturated carbocycles. The molecular weight excluding hydrogens is 501 g/mol. The largest absolute Gasteiger partial charge is 0.417 e. The Morgan fingerprint density at radius 1 is 1.05 bits per heavy atom. The minimum absolute atomic E-state index is 0.0376. The fourth-order valence-corrected chi connectivity index (χ4v) is 4.98. The summed E-state index contributed by atoms with van der Waals surface area (Å²) >= 11 is 1.31. The van der Waals surface area contributed by atoms with Gasteiger partial charge in [0, 0.05) is 29.9 Å². The molecule has 5 rings (SSSR count). The van der Waals surface area contributed by atoms with Gasteiger partial charge in [-0.15, -0.1) is 11.3 Å². The molecule has 1 atom stereocenters. The molecule has 1 amide bonds. The van der Waals surface area contributed by atoms with Crippen LogP contribution in [0, 0.1) is 0 Å². The highest BCUT2D eigenvalue weighted by Crippen LogP contribution is 2.40. The van der Waals surface area contributed by atoms with Crippen molar-refractivity contribution in [1.82, 2.24) is 14.8 Å². The molecule has 6 nitrogen and oxygen atoms in total. The number of hydrogen-bond donors (Lipinski definition) is 2. The molecule has 2 N–H and O–H groups in total. The Hall–Kier alpha value is -4.02. The lowest BCUT2D eigenvalue weighted by atomic mass is 9.99. The maximum absolute atomic E-state index is 13.7. The second kappa shape index (κ2) is 9.45. The van der Waals surface area contributed by atoms with E-state index in [9.17, 15) is 23.1 Å². The van der Waals surface area contributed by atoms with Crippen molar-refractivity contribution in [3.8, 4) is 22.4 Å². The van der Waals surface area contributed by atoms with Crippen LogP contribution in [0.1, 0.15) is 34.0 Å². The van der Waals surface area contributed by atoms with Gasteiger partial charge in [-0.1, -0.05) is 36.4 Å². The molecule has 0 spiro atoms. The Bertz CT molecular complexity index is 1610. The summed E-state index contributed by atoms with van der Waals surface area (Å²) in [5.74, 6) is -0.595. The van der Waals surface area contributed by atoms with E-state index in [1.54, 1.807) is 14.0 Å². The predicted octanol–water partition coefficient (Wildman–Crippen LogP) is 6.69. The molecule has 0 radical (unpaired) electrons. The van der Waals surface area contributed by atoms with Crippen molar-refractivity contribution in [2.45, 2.75) is 19.2 Å². The maximum atomic E-state index is 13.7. The van der Waals surface area contributed by atoms with E-state index in [4.69, 9.17) is 0 Å². The minimum atomic E-state index is -4.62. The van der Waals surface area contributed by atoms with Crippen molar-refractivity contribution >= 4 is 33.1 Å². The number of rotatable bonds is 5. The first kappa shape index (κ1) is 24.7. The summed E-state index contributed by atoms with van der Waals surface area (Å²) in [6.45, 7) is 1.61. The average molecular weight is 523 g/mol. The van der Waals surface area contributed by atoms with Crippen LogP contribution in [0.5, 0.6) is 0 Å². The molecule has 10 heteroatoms. The number of hydrogen-bond acceptors (Lipinski definition) is 5. The molecule has 188 valence electrons. The zero-order chi connectivity index (χ0) is 26.3. The number of aryl methyl sites for hydroxylation is 1. The zero-order valence-corrected chi connectivity index (χ0v) is 20.6. The number of fused-ring (bicyclic) bond motifs is 1. The molecule has 0 aliphatic heterocycles. The van der Waals surface area contributed by atoms with Crippen molar-refractivity contribution in [2.75, 3.05) is 5.32 Å². The Labute approximate surface area is 214 Å². The number of aliphatic hydroxyl groups is 1. The molecule has 0 saturated heterocycles. The van der Waals surface area contributed by atoms with Crippen LogP contribution in [0.2, 0.25) is 0 Å². The third-order valence-corrected chi connectivity index (χ3v) is 7.03. The van der Waals surface area contributed by atoms with Crippen molar-refractivity contribution in [2.24, 2.45) is 7.05 Å². The smallest absolute Gasteiger partial charge is 0.386 e. The van der Waals surface area contributed by atoms with E-state index in [0.29, 0.717) is 21.8 Å². The van der Waals surface area contributed by atoms with Crippen LogP contribution in [0.4, 0.5) is 18.9 Å². The first-order chi connectivity index (χ1) is 17.6. The second-order valence-electron chi connectivity index (χ2n) is 8.52. The number of aromatic nitrogens is 3. The summed E-state index contributed by atoms with van der Waals surface area (Å²) in [6, 6.07) is 17.8. The molecule has 0 bridgehead atoms. The number of nitrogens with one attached hydrogen (secondary N) is 1. The van der Waals surface area contributed by atoms with Gasteiger partial charge in [0.1, 0.15) is 16.6 Å². The Balaban J connectivity index is 1.62. The van der Waals surface area contributed by atoms with Crippen LogP contribution < -0.4 is 5.32 Å². The van der Waals surface area contributed by atoms with Gasteiger partial charge in [0.15, 0.2) is 0 Å². The SMILES string of the molecule is C[C@H](O)c1nc2c(NC(=O)c3ccc(C(F)(F)F)c(-c4ccn(C)n4)c3)c(-c3ccccc3)ccc2s1. The summed E-state index contributed by atoms with van der Waals surface area (Å²) in [4.78, 5) is 18.0. The summed E-state index contributed by atoms with van der Waals surface area (Å²) in [6.07, 6.45) is -3.87. The molecule has 0 fully saturated rings. The number of carbonyl (C=O) groups is 1. The quantitative estimate of drug-likeness (QED) is 0.270. The van der Waals surface area contributed by atoms with Crippen LogP contribution in [0.15, 0.2) is 72.9 Å². The standard InChI is InChI=1S/C27H21F3N4O2S/c1-15(35)26-32-24-22(37-26)11-9-18(16-6-4-3-5-7-16)23(24)31-25(36)17-8-10-20(27(28,29)30)19(14-17)21-12-13-34(2)33-21/h3-15,35H,1-2H3,(H,31,36)/t15-/m0/s1. The molecule has 2 heterocycles. The van der Waals surface area contributed by atoms with Gasteiger partial charge < -0.3 is 10.4 Å². The van der Waals surface area contributed by atoms with Crippen LogP contribution in [-0.4, -0.2) is 25.8 Å². The number of carbonyl (C=O) groups excluding carboxylic acids is 1. The normalized spacial score (nSPS) is 12.6. The molecule has 0 unspecified atom stereocenters. The summed E-state index contributed by atoms with van der Waals surface area (Å²) in [7, 11) is 1.61. The fraction of sp³-hybridized carbons (Fsp3) is 0.148. The number of nitrogens with zero attached hydrogens (tertiary/aromatic N) is 3. The lowest BCUT2D eigenvalue weighted by Gasteiger charge is -2.15. The van der Waals surface area contributed by atoms with Gasteiger partial charge in [0.25, 0.3) is 5.91 Å². The van der Waals surface area contributed by atoms with Crippen LogP contribution >= 0.6 is 11.3 Å². The van der Waals surface area contributed by atoms with Crippen molar-refractivity contribution < 1.29 is 23.1 Å². The van der Waals surface area contributed by atoms with E-state index in [1.165, 1.54) is 34.3 Å². The van der Waals surface area contributed by atoms with E-state index >= 15 is 0 Å². The number of alkyl halides is 3. The number of thiazole rings is 1. The minimum Gasteiger partial charge on any atom is -0.386 e. The van der Waals surface area contributed by atoms with Crippen LogP contribution in [-0.2, 0) is 13.2 Å². The van der Waals surface area contributed by atoms with Gasteiger partial charge in [-0.3, -0.25) is 9.48 Å². The van der Waals surface area contributed by atoms with Crippen molar-refractivity contribution in [1.29, 1.82) is 0 Å². The third kappa shape index (κ3) is 4.85. The van der Waals surface area contributed by atoms with Gasteiger partial charge in [-0.25, -0.2) is 4.98 Å². The second-order valence-corrected chi connectivity index (χ2v) is 9.58. The first-order valence-corrected chi connectivity index (χ1v) is 12.1. The third-order valence-electron chi connectivity index (χ3n) is 5.83. The van der Waals surface area contributed by atoms with Gasteiger partial charge in [0.2, 0.25) is 0 Å². The highest BCUT2D eigenvalue weighted by atomic mass is 32.1. The highest BCUT2D eigenvalue weighted by Gasteiger charge is 2.34. The number of aliphatic hydroxyl groups excluding tert-OH is 1. The lowest BCUT2D eigenvalue weighted by Crippen LogP contribution is -2.15. The van der Waals surface area contributed by atoms with Crippen molar-refractivity contribution in [3.63, 3.8) is 0 Å². The monoisotopic (exact) mass is 522 g/mol. The fourth-order valence-electron chi connectivity index (χ4n) is 4.06. The van der Waals surface area contributed by atoms with E-state index in [-0.39, 0.29) is 16.8 Å². The Morgan fingerprint density at radius 3 is 2.46 bits per heavy atom. The molecule has 37 heavy (non-hydrogen) atoms. The van der Waals surface area contributed by atoms with E-state index in [1.807, 2.05) is 42.5 Å². The Kier molecular flexibility index (Phi) is 6.30. The number of benzene rings is 3. The topological polar surface area (TPSA) is 80.0 Å². The van der Waals surface area contributed by atoms with E-state index in [0.717, 1.165) is 22.4 Å². The van der Waals surface area contributed by atoms with E-state index in [2.05, 4.69) is 15.4 Å². The van der Waals surface area contributed by atoms with Gasteiger partial charge in [-0.2, -0.15) is 18.3 Å². The maximum Gasteiger partial charge on any atom is 0.417 e. The number of anilines is 1. The molecule has 0 aliphatic carbocycles. The molecule has 0 aliphatic rings. The van der Waals surface area contributed by atoms with Crippen LogP contribution in [0.25, 0.3) is 32.6 Å². The molecule has 2 aromatic heterocycles. The molecular formula is C27H21F3N4O2S. The molecule has 3 aromatic carbocycles. The van der Waals surface area contributed by atoms with E-state index < -0.39 is 23.8 Å². The number of amides is 1. The average Bonchev–Trinajstić information content (AvgIpc) is 3.50. The predicted molar refractivity (Wildman–Crippen MR) is 137 cm³/mol. The van der Waals surface area contributed by atoms with Gasteiger partial charge in [-0.05, 0) is 42.8 Å². The summed E-state index contributed by atoms with van der Waals surface area (Å²) < 4.78 is 43.4. The van der Waals surface area contributed by atoms with Gasteiger partial charge in [0.05, 0.1) is 21.6 Å². The number of halogens is 3. The zero-order valence-electron chi connectivity index (χ0n) is 19.7. The summed E-state index contributed by atoms with van der Waals surface area (Å²) in [5.41, 5.74) is 1.51. The Morgan fingerprint density at radius 2 is 1.81 bits per heavy atom. The van der Waals surface area contributed by atoms with Gasteiger partial charge >= 0.3 is 6.18 Å². The first-order valence-electron chi connectivity index (χ1n) is 11.3. The van der Waals surface area contributed by atoms with Crippen LogP contribution in [0.3, 0.4) is 0 Å². The lowest BCUT2D eigenvalue weighted by molar-refractivity contribution is -0.137. The summed E-state index contributed by atoms with van der Waals surface area (Å²) in [5, 5.41) is 17.5. The molecule has 5 aromatic rings. The highest BCUT2D eigenvalue weighted by molar-refractivity contribution is 7.18.